The molecule has 5 heterocycles. The number of nitro benzene ring substituents is 4. The van der Waals surface area contributed by atoms with Crippen LogP contribution in [0.4, 0.5) is 45.9 Å². The van der Waals surface area contributed by atoms with Crippen molar-refractivity contribution < 1.29 is 63.2 Å². The van der Waals surface area contributed by atoms with E-state index in [2.05, 4.69) is 65.8 Å². The van der Waals surface area contributed by atoms with Crippen LogP contribution >= 0.6 is 106 Å². The largest absolute Gasteiger partial charge is 0.497 e. The Bertz CT molecular complexity index is 5250. The highest BCUT2D eigenvalue weighted by molar-refractivity contribution is 7.99. The SMILES string of the molecule is CCOC(=O)c1cnc(SC)nc1Cl.COc1cc(CCc2cnc(SC)nc2NCc2cccc([N+](=O)[O-])c2)c(Cl)c(OC)c1.COc1cc(N)cc(OC)c1.CSc1ncc(C=O)c(NCc2cccc([N+](=O)[O-])c2)n1.CSc1ncc(CO)c(Cl)n1.CSc1ncc(CO)c(NCc2cccc([N+](=O)[O-])c2)n1.Cl.NCc1cccc([N+](=O)[O-])c1. The van der Waals surface area contributed by atoms with Crippen LogP contribution < -0.4 is 46.4 Å². The standard InChI is InChI=1S/C22H23ClN4O4S.C13H14N4O3S.C13H12N4O3S.C8H9ClN2O2S.C8H11NO2.C7H8N2O2.C6H7ClN2OS.ClH/c1-30-18-10-15(20(23)19(11-18)31-2)7-8-16-13-25-22(32-3)26-21(16)24-12-14-5-4-6-17(9-14)27(28)29;2*1-21-13-15-7-10(8-18)12(16-13)14-6-9-3-2-4-11(5-9)17(19)20;1-3-13-7(12)5-4-10-8(14-2)11-6(5)9;1-10-7-3-6(9)4-8(5-7)11-2;8-5-6-2-1-3-7(4-6)9(10)11;1-11-6-8-2-4(3-10)5(7)9-6;/h4-6,9-11,13H,7-8,12H2,1-3H3,(H,24,25,26);2-5,7,18H,6,8H2,1H3,(H,14,15,16);2-5,7-8H,6H2,1H3,(H,14,15,16);4H,3H2,1-2H3;3-5H,9H2,1-2H3;1-4H,5,8H2;2,10H,3H2,1H3;1H. The van der Waals surface area contributed by atoms with Crippen molar-refractivity contribution in [3.8, 4) is 23.0 Å². The molecule has 0 saturated carbocycles. The van der Waals surface area contributed by atoms with E-state index in [0.29, 0.717) is 151 Å². The van der Waals surface area contributed by atoms with Gasteiger partial charge in [-0.2, -0.15) is 0 Å². The number of nitrogen functional groups attached to an aromatic ring is 1. The van der Waals surface area contributed by atoms with Crippen molar-refractivity contribution in [1.82, 2.24) is 49.8 Å². The van der Waals surface area contributed by atoms with Crippen LogP contribution in [0.15, 0.2) is 184 Å². The molecular weight excluding hydrogens is 1770 g/mol. The molecule has 122 heavy (non-hydrogen) atoms. The summed E-state index contributed by atoms with van der Waals surface area (Å²) in [5.74, 6) is 3.77. The third-order valence-corrected chi connectivity index (χ3v) is 19.4. The number of carbonyl (C=O) groups excluding carboxylic acids is 2. The number of aliphatic hydroxyl groups excluding tert-OH is 2. The quantitative estimate of drug-likeness (QED) is 0.00310. The smallest absolute Gasteiger partial charge is 0.342 e. The maximum absolute atomic E-state index is 11.3. The highest BCUT2D eigenvalue weighted by Gasteiger charge is 2.18. The molecule has 0 amide bonds. The van der Waals surface area contributed by atoms with Crippen LogP contribution in [0.5, 0.6) is 23.0 Å². The van der Waals surface area contributed by atoms with Gasteiger partial charge >= 0.3 is 5.97 Å². The zero-order chi connectivity index (χ0) is 88.9. The summed E-state index contributed by atoms with van der Waals surface area (Å²) in [6.07, 6.45) is 18.9. The number of methoxy groups -OCH3 is 4. The number of rotatable bonds is 31. The number of thioether (sulfide) groups is 5. The molecule has 11 aromatic rings. The number of aryl methyl sites for hydroxylation is 2. The topological polar surface area (TPSA) is 510 Å². The van der Waals surface area contributed by atoms with Crippen molar-refractivity contribution in [2.75, 3.05) is 88.0 Å². The van der Waals surface area contributed by atoms with Gasteiger partial charge in [-0.1, -0.05) is 142 Å². The number of hydrogen-bond donors (Lipinski definition) is 7. The summed E-state index contributed by atoms with van der Waals surface area (Å²) >= 11 is 24.9. The number of anilines is 4. The Morgan fingerprint density at radius 2 is 0.844 bits per heavy atom. The number of carbonyl (C=O) groups is 2. The predicted octanol–water partition coefficient (Wildman–Crippen LogP) is 16.1. The van der Waals surface area contributed by atoms with E-state index in [9.17, 15) is 55.2 Å². The van der Waals surface area contributed by atoms with Gasteiger partial charge < -0.3 is 61.3 Å². The second-order valence-electron chi connectivity index (χ2n) is 23.4. The molecule has 0 unspecified atom stereocenters. The summed E-state index contributed by atoms with van der Waals surface area (Å²) < 4.78 is 25.4. The zero-order valence-corrected chi connectivity index (χ0v) is 74.1. The second kappa shape index (κ2) is 55.5. The average molecular weight is 1850 g/mol. The van der Waals surface area contributed by atoms with Crippen LogP contribution in [-0.4, -0.2) is 158 Å². The van der Waals surface area contributed by atoms with E-state index < -0.39 is 25.7 Å². The van der Waals surface area contributed by atoms with E-state index in [0.717, 1.165) is 33.4 Å². The van der Waals surface area contributed by atoms with E-state index in [-0.39, 0.29) is 59.1 Å². The Labute approximate surface area is 743 Å². The molecule has 0 spiro atoms. The van der Waals surface area contributed by atoms with Gasteiger partial charge in [-0.3, -0.25) is 45.3 Å². The Morgan fingerprint density at radius 3 is 1.24 bits per heavy atom. The first-order valence-corrected chi connectivity index (χ1v) is 42.3. The van der Waals surface area contributed by atoms with Gasteiger partial charge in [0, 0.05) is 152 Å². The summed E-state index contributed by atoms with van der Waals surface area (Å²) in [7, 11) is 6.34. The van der Waals surface area contributed by atoms with E-state index in [1.807, 2.05) is 43.4 Å². The van der Waals surface area contributed by atoms with Crippen molar-refractivity contribution in [2.45, 2.75) is 84.9 Å². The van der Waals surface area contributed by atoms with Crippen LogP contribution in [0.1, 0.15) is 72.1 Å². The molecule has 0 aliphatic heterocycles. The first kappa shape index (κ1) is 103. The molecular formula is C77H85Cl4N19O17S5. The molecule has 6 aromatic carbocycles. The number of nitro groups is 4. The molecule has 5 aromatic heterocycles. The normalized spacial score (nSPS) is 10.1. The first-order valence-electron chi connectivity index (χ1n) is 35.1. The molecule has 9 N–H and O–H groups in total. The van der Waals surface area contributed by atoms with Crippen LogP contribution in [0.2, 0.25) is 15.3 Å². The van der Waals surface area contributed by atoms with Gasteiger partial charge in [0.05, 0.1) is 78.5 Å². The van der Waals surface area contributed by atoms with Gasteiger partial charge in [0.2, 0.25) is 0 Å². The number of non-ortho nitro benzene ring substituents is 4. The molecule has 0 bridgehead atoms. The predicted molar refractivity (Wildman–Crippen MR) is 478 cm³/mol. The highest BCUT2D eigenvalue weighted by Crippen LogP contribution is 2.35. The number of aldehydes is 1. The molecule has 36 nitrogen and oxygen atoms in total. The molecule has 11 rings (SSSR count). The van der Waals surface area contributed by atoms with E-state index >= 15 is 0 Å². The Morgan fingerprint density at radius 1 is 0.475 bits per heavy atom. The summed E-state index contributed by atoms with van der Waals surface area (Å²) in [6, 6.07) is 34.3. The van der Waals surface area contributed by atoms with Crippen LogP contribution in [0.25, 0.3) is 0 Å². The van der Waals surface area contributed by atoms with Gasteiger partial charge in [-0.05, 0) is 84.9 Å². The molecule has 0 fully saturated rings. The number of halogens is 4. The number of benzene rings is 6. The maximum Gasteiger partial charge on any atom is 0.342 e. The molecule has 0 atom stereocenters. The fourth-order valence-corrected chi connectivity index (χ4v) is 12.0. The lowest BCUT2D eigenvalue weighted by atomic mass is 10.0. The molecule has 45 heteroatoms. The zero-order valence-electron chi connectivity index (χ0n) is 67.0. The Balaban J connectivity index is 0.000000310. The third-order valence-electron chi connectivity index (χ3n) is 15.5. The average Bonchev–Trinajstić information content (AvgIpc) is 0.826. The lowest BCUT2D eigenvalue weighted by Gasteiger charge is -2.14. The minimum atomic E-state index is -0.495. The van der Waals surface area contributed by atoms with Crippen molar-refractivity contribution >= 4 is 164 Å². The van der Waals surface area contributed by atoms with Crippen LogP contribution in [0.3, 0.4) is 0 Å². The minimum absolute atomic E-state index is 0. The number of aromatic nitrogens is 10. The van der Waals surface area contributed by atoms with Gasteiger partial charge in [0.1, 0.15) is 56.3 Å². The number of nitrogens with two attached hydrogens (primary N) is 2. The fourth-order valence-electron chi connectivity index (χ4n) is 9.52. The summed E-state index contributed by atoms with van der Waals surface area (Å²) in [5.41, 5.74) is 18.2. The Kier molecular flexibility index (Phi) is 46.9. The van der Waals surface area contributed by atoms with E-state index in [4.69, 9.17) is 75.1 Å². The van der Waals surface area contributed by atoms with Gasteiger partial charge in [-0.15, -0.1) is 12.4 Å². The summed E-state index contributed by atoms with van der Waals surface area (Å²) in [5, 5.41) is 74.0. The summed E-state index contributed by atoms with van der Waals surface area (Å²) in [6.45, 7) is 3.17. The minimum Gasteiger partial charge on any atom is -0.497 e. The van der Waals surface area contributed by atoms with Crippen molar-refractivity contribution in [2.24, 2.45) is 5.73 Å². The molecule has 0 radical (unpaired) electrons. The van der Waals surface area contributed by atoms with Crippen LogP contribution in [0, 0.1) is 40.5 Å². The number of aliphatic hydroxyl groups is 2. The number of esters is 1. The number of nitrogens with one attached hydrogen (secondary N) is 3. The Hall–Kier alpha value is -11.4. The maximum atomic E-state index is 11.3. The number of hydrogen-bond acceptors (Lipinski definition) is 37. The van der Waals surface area contributed by atoms with Crippen molar-refractivity contribution in [3.05, 3.63) is 270 Å². The van der Waals surface area contributed by atoms with E-state index in [1.54, 1.807) is 121 Å². The molecule has 0 saturated heterocycles. The molecule has 0 aliphatic carbocycles. The van der Waals surface area contributed by atoms with Gasteiger partial charge in [0.15, 0.2) is 32.1 Å². The monoisotopic (exact) mass is 1850 g/mol. The van der Waals surface area contributed by atoms with Crippen LogP contribution in [-0.2, 0) is 57.0 Å². The fraction of sp³-hybridized carbons (Fsp3) is 0.247. The highest BCUT2D eigenvalue weighted by atomic mass is 35.5. The van der Waals surface area contributed by atoms with Gasteiger partial charge in [-0.25, -0.2) is 54.6 Å². The number of ether oxygens (including phenoxy) is 5. The van der Waals surface area contributed by atoms with Gasteiger partial charge in [0.25, 0.3) is 22.7 Å². The van der Waals surface area contributed by atoms with Crippen molar-refractivity contribution in [1.29, 1.82) is 0 Å². The number of nitrogens with zero attached hydrogens (tertiary/aromatic N) is 14. The van der Waals surface area contributed by atoms with Crippen molar-refractivity contribution in [3.63, 3.8) is 0 Å². The molecule has 0 aliphatic rings. The lowest BCUT2D eigenvalue weighted by molar-refractivity contribution is -0.385. The summed E-state index contributed by atoms with van der Waals surface area (Å²) in [4.78, 5) is 105. The first-order chi connectivity index (χ1) is 58.2. The molecule has 648 valence electrons. The third kappa shape index (κ3) is 34.6. The lowest BCUT2D eigenvalue weighted by Crippen LogP contribution is -2.08. The van der Waals surface area contributed by atoms with E-state index in [1.165, 1.54) is 120 Å². The second-order valence-corrected chi connectivity index (χ2v) is 28.4.